The molecule has 1 aliphatic carbocycles. The average molecular weight is 432 g/mol. The minimum Gasteiger partial charge on any atom is -0.207 e. The smallest absolute Gasteiger partial charge is 0.207 e. The van der Waals surface area contributed by atoms with E-state index in [1.807, 2.05) is 12.1 Å². The van der Waals surface area contributed by atoms with E-state index in [-0.39, 0.29) is 17.7 Å². The molecule has 2 atom stereocenters. The lowest BCUT2D eigenvalue weighted by Crippen LogP contribution is -2.23. The summed E-state index contributed by atoms with van der Waals surface area (Å²) in [5, 5.41) is 1.77. The molecular weight excluding hydrogens is 407 g/mol. The summed E-state index contributed by atoms with van der Waals surface area (Å²) in [5.74, 6) is -1.55. The van der Waals surface area contributed by atoms with E-state index in [2.05, 4.69) is 6.92 Å². The van der Waals surface area contributed by atoms with Gasteiger partial charge < -0.3 is 0 Å². The van der Waals surface area contributed by atoms with E-state index < -0.39 is 17.6 Å². The first kappa shape index (κ1) is 21.8. The Labute approximate surface area is 179 Å². The van der Waals surface area contributed by atoms with Crippen LogP contribution in [0.25, 0.3) is 10.8 Å². The Morgan fingerprint density at radius 1 is 0.935 bits per heavy atom. The molecule has 0 aliphatic heterocycles. The predicted octanol–water partition coefficient (Wildman–Crippen LogP) is 8.41. The lowest BCUT2D eigenvalue weighted by atomic mass is 9.69. The van der Waals surface area contributed by atoms with Crippen molar-refractivity contribution in [3.05, 3.63) is 82.4 Å². The molecule has 0 radical (unpaired) electrons. The third-order valence-corrected chi connectivity index (χ3v) is 6.54. The van der Waals surface area contributed by atoms with Crippen molar-refractivity contribution in [1.82, 2.24) is 0 Å². The van der Waals surface area contributed by atoms with Gasteiger partial charge in [0, 0.05) is 5.92 Å². The molecule has 0 saturated carbocycles. The SMILES string of the molecule is CCCCC[C@@H]1CCc2c(ccc3ccc(F)cc23)[C@H]1c1ccc(C(F)(F)F)c(F)c1. The zero-order chi connectivity index (χ0) is 22.2. The molecule has 1 aliphatic rings. The van der Waals surface area contributed by atoms with Crippen LogP contribution < -0.4 is 0 Å². The van der Waals surface area contributed by atoms with E-state index in [0.717, 1.165) is 72.6 Å². The summed E-state index contributed by atoms with van der Waals surface area (Å²) < 4.78 is 67.7. The third-order valence-electron chi connectivity index (χ3n) is 6.54. The molecule has 31 heavy (non-hydrogen) atoms. The van der Waals surface area contributed by atoms with Crippen molar-refractivity contribution in [3.63, 3.8) is 0 Å². The van der Waals surface area contributed by atoms with E-state index in [9.17, 15) is 22.0 Å². The first-order valence-corrected chi connectivity index (χ1v) is 10.9. The van der Waals surface area contributed by atoms with Crippen LogP contribution in [-0.4, -0.2) is 0 Å². The lowest BCUT2D eigenvalue weighted by Gasteiger charge is -2.35. The highest BCUT2D eigenvalue weighted by Crippen LogP contribution is 2.46. The van der Waals surface area contributed by atoms with Crippen LogP contribution in [0.4, 0.5) is 22.0 Å². The van der Waals surface area contributed by atoms with E-state index in [1.165, 1.54) is 18.2 Å². The maximum Gasteiger partial charge on any atom is 0.419 e. The number of halogens is 5. The maximum atomic E-state index is 14.4. The van der Waals surface area contributed by atoms with Gasteiger partial charge in [0.2, 0.25) is 0 Å². The number of unbranched alkanes of at least 4 members (excludes halogenated alkanes) is 2. The zero-order valence-electron chi connectivity index (χ0n) is 17.4. The summed E-state index contributed by atoms with van der Waals surface area (Å²) in [4.78, 5) is 0. The van der Waals surface area contributed by atoms with Gasteiger partial charge in [-0.15, -0.1) is 0 Å². The van der Waals surface area contributed by atoms with Crippen LogP contribution >= 0.6 is 0 Å². The van der Waals surface area contributed by atoms with Gasteiger partial charge in [0.15, 0.2) is 0 Å². The molecule has 0 nitrogen and oxygen atoms in total. The molecule has 0 unspecified atom stereocenters. The Morgan fingerprint density at radius 3 is 2.42 bits per heavy atom. The van der Waals surface area contributed by atoms with Gasteiger partial charge in [-0.2, -0.15) is 13.2 Å². The normalized spacial score (nSPS) is 18.9. The largest absolute Gasteiger partial charge is 0.419 e. The van der Waals surface area contributed by atoms with Crippen LogP contribution in [0.2, 0.25) is 0 Å². The fraction of sp³-hybridized carbons (Fsp3) is 0.385. The quantitative estimate of drug-likeness (QED) is 0.280. The topological polar surface area (TPSA) is 0 Å². The van der Waals surface area contributed by atoms with E-state index in [1.54, 1.807) is 6.07 Å². The van der Waals surface area contributed by atoms with Crippen molar-refractivity contribution in [3.8, 4) is 0 Å². The van der Waals surface area contributed by atoms with Gasteiger partial charge >= 0.3 is 6.18 Å². The zero-order valence-corrected chi connectivity index (χ0v) is 17.4. The van der Waals surface area contributed by atoms with Gasteiger partial charge in [-0.05, 0) is 76.9 Å². The summed E-state index contributed by atoms with van der Waals surface area (Å²) in [6, 6.07) is 11.9. The number of aryl methyl sites for hydroxylation is 1. The number of alkyl halides is 3. The first-order valence-electron chi connectivity index (χ1n) is 10.9. The summed E-state index contributed by atoms with van der Waals surface area (Å²) in [5.41, 5.74) is 1.32. The fourth-order valence-corrected chi connectivity index (χ4v) is 5.07. The molecule has 0 spiro atoms. The monoisotopic (exact) mass is 432 g/mol. The maximum absolute atomic E-state index is 14.4. The van der Waals surface area contributed by atoms with Gasteiger partial charge in [-0.25, -0.2) is 8.78 Å². The Bertz CT molecular complexity index is 1080. The van der Waals surface area contributed by atoms with Crippen LogP contribution in [0.3, 0.4) is 0 Å². The summed E-state index contributed by atoms with van der Waals surface area (Å²) >= 11 is 0. The van der Waals surface area contributed by atoms with Crippen LogP contribution in [0.15, 0.2) is 48.5 Å². The molecular formula is C26H25F5. The third kappa shape index (κ3) is 4.32. The molecule has 0 saturated heterocycles. The molecule has 164 valence electrons. The fourth-order valence-electron chi connectivity index (χ4n) is 5.07. The molecule has 4 rings (SSSR count). The van der Waals surface area contributed by atoms with Crippen molar-refractivity contribution < 1.29 is 22.0 Å². The highest BCUT2D eigenvalue weighted by atomic mass is 19.4. The van der Waals surface area contributed by atoms with Crippen molar-refractivity contribution in [2.45, 2.75) is 57.5 Å². The minimum atomic E-state index is -4.72. The summed E-state index contributed by atoms with van der Waals surface area (Å²) in [6.07, 6.45) is 1.03. The molecule has 0 fully saturated rings. The van der Waals surface area contributed by atoms with Gasteiger partial charge in [0.25, 0.3) is 0 Å². The average Bonchev–Trinajstić information content (AvgIpc) is 2.72. The first-order chi connectivity index (χ1) is 14.8. The predicted molar refractivity (Wildman–Crippen MR) is 113 cm³/mol. The molecule has 0 N–H and O–H groups in total. The van der Waals surface area contributed by atoms with Crippen LogP contribution in [0.1, 0.15) is 67.2 Å². The Morgan fingerprint density at radius 2 is 1.71 bits per heavy atom. The Balaban J connectivity index is 1.83. The number of hydrogen-bond acceptors (Lipinski definition) is 0. The summed E-state index contributed by atoms with van der Waals surface area (Å²) in [6.45, 7) is 2.12. The number of fused-ring (bicyclic) bond motifs is 3. The second-order valence-corrected chi connectivity index (χ2v) is 8.51. The number of benzene rings is 3. The van der Waals surface area contributed by atoms with E-state index >= 15 is 0 Å². The molecule has 0 amide bonds. The van der Waals surface area contributed by atoms with Crippen LogP contribution in [0, 0.1) is 17.6 Å². The van der Waals surface area contributed by atoms with Gasteiger partial charge in [0.1, 0.15) is 11.6 Å². The standard InChI is InChI=1S/C26H25F5/c1-2-3-4-5-17-8-11-20-21(12-7-16-6-10-19(27)15-22(16)20)25(17)18-9-13-23(24(28)14-18)26(29,30)31/h6-7,9-10,12-15,17,25H,2-5,8,11H2,1H3/t17-,25-/m1/s1. The van der Waals surface area contributed by atoms with Crippen molar-refractivity contribution in [2.75, 3.05) is 0 Å². The van der Waals surface area contributed by atoms with Crippen LogP contribution in [0.5, 0.6) is 0 Å². The van der Waals surface area contributed by atoms with Crippen molar-refractivity contribution in [1.29, 1.82) is 0 Å². The highest BCUT2D eigenvalue weighted by Gasteiger charge is 2.36. The Kier molecular flexibility index (Phi) is 6.05. The van der Waals surface area contributed by atoms with E-state index in [4.69, 9.17) is 0 Å². The number of hydrogen-bond donors (Lipinski definition) is 0. The molecule has 3 aromatic rings. The Hall–Kier alpha value is -2.43. The second-order valence-electron chi connectivity index (χ2n) is 8.51. The second kappa shape index (κ2) is 8.60. The van der Waals surface area contributed by atoms with Gasteiger partial charge in [-0.1, -0.05) is 50.5 Å². The van der Waals surface area contributed by atoms with Gasteiger partial charge in [-0.3, -0.25) is 0 Å². The van der Waals surface area contributed by atoms with Crippen molar-refractivity contribution >= 4 is 10.8 Å². The highest BCUT2D eigenvalue weighted by molar-refractivity contribution is 5.87. The summed E-state index contributed by atoms with van der Waals surface area (Å²) in [7, 11) is 0. The van der Waals surface area contributed by atoms with E-state index in [0.29, 0.717) is 5.56 Å². The van der Waals surface area contributed by atoms with Crippen molar-refractivity contribution in [2.24, 2.45) is 5.92 Å². The lowest BCUT2D eigenvalue weighted by molar-refractivity contribution is -0.140. The number of rotatable bonds is 5. The molecule has 0 bridgehead atoms. The molecule has 5 heteroatoms. The molecule has 0 heterocycles. The van der Waals surface area contributed by atoms with Crippen LogP contribution in [-0.2, 0) is 12.6 Å². The minimum absolute atomic E-state index is 0.204. The van der Waals surface area contributed by atoms with Gasteiger partial charge in [0.05, 0.1) is 5.56 Å². The molecule has 3 aromatic carbocycles. The molecule has 0 aromatic heterocycles.